The first kappa shape index (κ1) is 15.4. The summed E-state index contributed by atoms with van der Waals surface area (Å²) < 4.78 is 24.6. The van der Waals surface area contributed by atoms with E-state index < -0.39 is 10.0 Å². The molecule has 2 unspecified atom stereocenters. The molecule has 2 amide bonds. The Morgan fingerprint density at radius 1 is 1.35 bits per heavy atom. The summed E-state index contributed by atoms with van der Waals surface area (Å²) in [6, 6.07) is -0.346. The van der Waals surface area contributed by atoms with Crippen molar-refractivity contribution in [2.45, 2.75) is 31.7 Å². The summed E-state index contributed by atoms with van der Waals surface area (Å²) in [5.74, 6) is -0.296. The van der Waals surface area contributed by atoms with Gasteiger partial charge in [0.2, 0.25) is 21.8 Å². The Hall–Kier alpha value is -0.990. The molecule has 2 aliphatic heterocycles. The molecular formula is C12H21N3O4S. The summed E-state index contributed by atoms with van der Waals surface area (Å²) in [7, 11) is -3.14. The van der Waals surface area contributed by atoms with Crippen LogP contribution in [0.15, 0.2) is 0 Å². The molecule has 0 aromatic carbocycles. The van der Waals surface area contributed by atoms with Gasteiger partial charge in [-0.2, -0.15) is 0 Å². The summed E-state index contributed by atoms with van der Waals surface area (Å²) in [5, 5.41) is 5.45. The van der Waals surface area contributed by atoms with Gasteiger partial charge in [-0.1, -0.05) is 0 Å². The minimum atomic E-state index is -3.14. The first-order valence-electron chi connectivity index (χ1n) is 6.88. The van der Waals surface area contributed by atoms with Crippen LogP contribution in [0.2, 0.25) is 0 Å². The van der Waals surface area contributed by atoms with Crippen molar-refractivity contribution < 1.29 is 18.0 Å². The number of carbonyl (C=O) groups is 2. The molecule has 7 nitrogen and oxygen atoms in total. The molecule has 2 saturated heterocycles. The zero-order valence-corrected chi connectivity index (χ0v) is 12.4. The third kappa shape index (κ3) is 4.00. The summed E-state index contributed by atoms with van der Waals surface area (Å²) in [4.78, 5) is 22.6. The van der Waals surface area contributed by atoms with Gasteiger partial charge >= 0.3 is 0 Å². The minimum Gasteiger partial charge on any atom is -0.306 e. The summed E-state index contributed by atoms with van der Waals surface area (Å²) in [6.45, 7) is 1.67. The molecule has 0 saturated carbocycles. The average molecular weight is 303 g/mol. The van der Waals surface area contributed by atoms with Crippen molar-refractivity contribution in [2.75, 3.05) is 25.9 Å². The van der Waals surface area contributed by atoms with Gasteiger partial charge in [0.1, 0.15) is 0 Å². The minimum absolute atomic E-state index is 0.212. The zero-order valence-electron chi connectivity index (χ0n) is 11.6. The van der Waals surface area contributed by atoms with E-state index in [2.05, 4.69) is 10.6 Å². The fourth-order valence-electron chi connectivity index (χ4n) is 2.69. The molecule has 114 valence electrons. The zero-order chi connectivity index (χ0) is 14.8. The Kier molecular flexibility index (Phi) is 4.77. The highest BCUT2D eigenvalue weighted by Gasteiger charge is 2.29. The lowest BCUT2D eigenvalue weighted by Crippen LogP contribution is -2.52. The van der Waals surface area contributed by atoms with Crippen LogP contribution >= 0.6 is 0 Å². The second-order valence-electron chi connectivity index (χ2n) is 5.54. The molecule has 0 aromatic rings. The second-order valence-corrected chi connectivity index (χ2v) is 7.52. The lowest BCUT2D eigenvalue weighted by Gasteiger charge is -2.32. The van der Waals surface area contributed by atoms with Crippen molar-refractivity contribution in [2.24, 2.45) is 5.92 Å². The lowest BCUT2D eigenvalue weighted by molar-refractivity contribution is -0.134. The number of rotatable bonds is 4. The standard InChI is InChI=1S/C12H21N3O4S/c1-20(18,19)15-6-2-3-9(8-15)7-13-10-4-5-11(16)14-12(10)17/h9-10,13H,2-8H2,1H3,(H,14,16,17). The van der Waals surface area contributed by atoms with Gasteiger partial charge in [0, 0.05) is 19.5 Å². The van der Waals surface area contributed by atoms with Crippen molar-refractivity contribution in [3.63, 3.8) is 0 Å². The van der Waals surface area contributed by atoms with Gasteiger partial charge in [-0.25, -0.2) is 12.7 Å². The van der Waals surface area contributed by atoms with E-state index >= 15 is 0 Å². The fourth-order valence-corrected chi connectivity index (χ4v) is 3.63. The SMILES string of the molecule is CS(=O)(=O)N1CCCC(CNC2CCC(=O)NC2=O)C1. The quantitative estimate of drug-likeness (QED) is 0.653. The number of hydrogen-bond donors (Lipinski definition) is 2. The highest BCUT2D eigenvalue weighted by molar-refractivity contribution is 7.88. The van der Waals surface area contributed by atoms with Crippen LogP contribution in [0.1, 0.15) is 25.7 Å². The van der Waals surface area contributed by atoms with E-state index in [1.807, 2.05) is 0 Å². The highest BCUT2D eigenvalue weighted by Crippen LogP contribution is 2.18. The number of hydrogen-bond acceptors (Lipinski definition) is 5. The third-order valence-corrected chi connectivity index (χ3v) is 5.11. The number of carbonyl (C=O) groups excluding carboxylic acids is 2. The number of piperidine rings is 2. The topological polar surface area (TPSA) is 95.6 Å². The second kappa shape index (κ2) is 6.19. The smallest absolute Gasteiger partial charge is 0.243 e. The lowest BCUT2D eigenvalue weighted by atomic mass is 9.98. The molecule has 0 radical (unpaired) electrons. The molecular weight excluding hydrogens is 282 g/mol. The first-order valence-corrected chi connectivity index (χ1v) is 8.73. The molecule has 2 fully saturated rings. The molecule has 2 rings (SSSR count). The molecule has 0 aromatic heterocycles. The Bertz CT molecular complexity index is 491. The van der Waals surface area contributed by atoms with Crippen LogP contribution in [0, 0.1) is 5.92 Å². The van der Waals surface area contributed by atoms with Crippen LogP contribution in [0.25, 0.3) is 0 Å². The predicted molar refractivity (Wildman–Crippen MR) is 73.3 cm³/mol. The molecule has 0 spiro atoms. The van der Waals surface area contributed by atoms with E-state index in [1.165, 1.54) is 10.6 Å². The third-order valence-electron chi connectivity index (χ3n) is 3.84. The van der Waals surface area contributed by atoms with Crippen LogP contribution < -0.4 is 10.6 Å². The average Bonchev–Trinajstić information content (AvgIpc) is 2.37. The Labute approximate surface area is 119 Å². The van der Waals surface area contributed by atoms with Crippen molar-refractivity contribution in [1.29, 1.82) is 0 Å². The van der Waals surface area contributed by atoms with Crippen molar-refractivity contribution >= 4 is 21.8 Å². The van der Waals surface area contributed by atoms with Crippen LogP contribution in [0.3, 0.4) is 0 Å². The Morgan fingerprint density at radius 2 is 2.10 bits per heavy atom. The maximum absolute atomic E-state index is 11.6. The number of sulfonamides is 1. The number of amides is 2. The summed E-state index contributed by atoms with van der Waals surface area (Å²) >= 11 is 0. The largest absolute Gasteiger partial charge is 0.306 e. The fraction of sp³-hybridized carbons (Fsp3) is 0.833. The Morgan fingerprint density at radius 3 is 2.75 bits per heavy atom. The predicted octanol–water partition coefficient (Wildman–Crippen LogP) is -0.947. The maximum Gasteiger partial charge on any atom is 0.243 e. The van der Waals surface area contributed by atoms with Crippen LogP contribution in [-0.4, -0.2) is 56.5 Å². The van der Waals surface area contributed by atoms with E-state index in [0.29, 0.717) is 32.5 Å². The number of nitrogens with one attached hydrogen (secondary N) is 2. The van der Waals surface area contributed by atoms with Gasteiger partial charge in [-0.3, -0.25) is 14.9 Å². The molecule has 2 atom stereocenters. The first-order chi connectivity index (χ1) is 9.36. The van der Waals surface area contributed by atoms with Crippen molar-refractivity contribution in [3.8, 4) is 0 Å². The van der Waals surface area contributed by atoms with Gasteiger partial charge in [0.05, 0.1) is 12.3 Å². The number of nitrogens with zero attached hydrogens (tertiary/aromatic N) is 1. The van der Waals surface area contributed by atoms with Crippen LogP contribution in [0.4, 0.5) is 0 Å². The monoisotopic (exact) mass is 303 g/mol. The molecule has 2 aliphatic rings. The van der Waals surface area contributed by atoms with E-state index in [0.717, 1.165) is 12.8 Å². The van der Waals surface area contributed by atoms with Gasteiger partial charge < -0.3 is 5.32 Å². The van der Waals surface area contributed by atoms with Crippen molar-refractivity contribution in [1.82, 2.24) is 14.9 Å². The molecule has 2 N–H and O–H groups in total. The normalized spacial score (nSPS) is 29.2. The number of imide groups is 1. The molecule has 2 heterocycles. The van der Waals surface area contributed by atoms with Crippen molar-refractivity contribution in [3.05, 3.63) is 0 Å². The van der Waals surface area contributed by atoms with Gasteiger partial charge in [-0.15, -0.1) is 0 Å². The van der Waals surface area contributed by atoms with E-state index in [9.17, 15) is 18.0 Å². The van der Waals surface area contributed by atoms with Crippen LogP contribution in [-0.2, 0) is 19.6 Å². The molecule has 0 aliphatic carbocycles. The molecule has 20 heavy (non-hydrogen) atoms. The highest BCUT2D eigenvalue weighted by atomic mass is 32.2. The van der Waals surface area contributed by atoms with E-state index in [1.54, 1.807) is 0 Å². The molecule has 8 heteroatoms. The van der Waals surface area contributed by atoms with E-state index in [4.69, 9.17) is 0 Å². The summed E-state index contributed by atoms with van der Waals surface area (Å²) in [5.41, 5.74) is 0. The van der Waals surface area contributed by atoms with Gasteiger partial charge in [0.15, 0.2) is 0 Å². The molecule has 0 bridgehead atoms. The Balaban J connectivity index is 1.82. The van der Waals surface area contributed by atoms with Gasteiger partial charge in [0.25, 0.3) is 0 Å². The summed E-state index contributed by atoms with van der Waals surface area (Å²) in [6.07, 6.45) is 3.88. The van der Waals surface area contributed by atoms with E-state index in [-0.39, 0.29) is 23.8 Å². The van der Waals surface area contributed by atoms with Gasteiger partial charge in [-0.05, 0) is 31.7 Å². The maximum atomic E-state index is 11.6. The van der Waals surface area contributed by atoms with Crippen LogP contribution in [0.5, 0.6) is 0 Å².